The fourth-order valence-corrected chi connectivity index (χ4v) is 1.91. The number of nitrogens with zero attached hydrogens (tertiary/aromatic N) is 2. The summed E-state index contributed by atoms with van der Waals surface area (Å²) < 4.78 is 0. The van der Waals surface area contributed by atoms with Crippen LogP contribution in [-0.4, -0.2) is 36.9 Å². The Morgan fingerprint density at radius 1 is 1.40 bits per heavy atom. The first-order valence-electron chi connectivity index (χ1n) is 5.32. The molecule has 0 fully saturated rings. The number of hydrogen-bond donors (Lipinski definition) is 1. The van der Waals surface area contributed by atoms with Crippen molar-refractivity contribution in [2.45, 2.75) is 12.5 Å². The van der Waals surface area contributed by atoms with E-state index in [4.69, 9.17) is 5.73 Å². The van der Waals surface area contributed by atoms with Crippen LogP contribution in [0.15, 0.2) is 35.3 Å². The van der Waals surface area contributed by atoms with Gasteiger partial charge in [0.2, 0.25) is 0 Å². The second-order valence-corrected chi connectivity index (χ2v) is 3.96. The van der Waals surface area contributed by atoms with Crippen molar-refractivity contribution in [3.8, 4) is 0 Å². The van der Waals surface area contributed by atoms with Crippen LogP contribution in [0, 0.1) is 0 Å². The third kappa shape index (κ3) is 2.36. The van der Waals surface area contributed by atoms with Crippen LogP contribution in [0.4, 0.5) is 0 Å². The molecule has 1 aromatic rings. The van der Waals surface area contributed by atoms with Crippen molar-refractivity contribution >= 4 is 5.84 Å². The van der Waals surface area contributed by atoms with E-state index in [1.807, 2.05) is 18.2 Å². The van der Waals surface area contributed by atoms with Crippen LogP contribution < -0.4 is 5.73 Å². The van der Waals surface area contributed by atoms with E-state index in [1.54, 1.807) is 0 Å². The van der Waals surface area contributed by atoms with E-state index in [1.165, 1.54) is 5.56 Å². The molecule has 2 N–H and O–H groups in total. The Hall–Kier alpha value is -1.35. The number of rotatable bonds is 3. The Morgan fingerprint density at radius 2 is 2.13 bits per heavy atom. The molecule has 1 heterocycles. The molecule has 0 aromatic heterocycles. The summed E-state index contributed by atoms with van der Waals surface area (Å²) >= 11 is 0. The van der Waals surface area contributed by atoms with Crippen molar-refractivity contribution in [3.05, 3.63) is 35.9 Å². The van der Waals surface area contributed by atoms with Crippen LogP contribution in [0.3, 0.4) is 0 Å². The van der Waals surface area contributed by atoms with Crippen molar-refractivity contribution in [1.29, 1.82) is 0 Å². The fourth-order valence-electron chi connectivity index (χ4n) is 1.91. The zero-order valence-corrected chi connectivity index (χ0v) is 9.06. The second-order valence-electron chi connectivity index (χ2n) is 3.96. The third-order valence-corrected chi connectivity index (χ3v) is 2.73. The Labute approximate surface area is 90.6 Å². The molecule has 0 saturated heterocycles. The van der Waals surface area contributed by atoms with Crippen molar-refractivity contribution in [2.75, 3.05) is 20.1 Å². The lowest BCUT2D eigenvalue weighted by Crippen LogP contribution is -2.40. The number of likely N-dealkylation sites (N-methyl/N-ethyl adjacent to an activating group) is 1. The third-order valence-electron chi connectivity index (χ3n) is 2.73. The standard InChI is InChI=1S/C12H17N3/c1-15-8-7-14-12(15)11(13)9-10-5-3-2-4-6-10/h2-6,11H,7-9,13H2,1H3/t11-/m0/s1. The zero-order chi connectivity index (χ0) is 10.7. The van der Waals surface area contributed by atoms with Gasteiger partial charge < -0.3 is 10.6 Å². The topological polar surface area (TPSA) is 41.6 Å². The maximum Gasteiger partial charge on any atom is 0.116 e. The van der Waals surface area contributed by atoms with Gasteiger partial charge in [0, 0.05) is 13.6 Å². The van der Waals surface area contributed by atoms with Gasteiger partial charge in [0.15, 0.2) is 0 Å². The molecule has 0 unspecified atom stereocenters. The molecule has 0 spiro atoms. The highest BCUT2D eigenvalue weighted by Gasteiger charge is 2.19. The minimum Gasteiger partial charge on any atom is -0.360 e. The number of benzene rings is 1. The quantitative estimate of drug-likeness (QED) is 0.793. The average molecular weight is 203 g/mol. The molecular weight excluding hydrogens is 186 g/mol. The molecule has 80 valence electrons. The molecule has 1 aliphatic heterocycles. The molecule has 3 nitrogen and oxygen atoms in total. The molecule has 0 saturated carbocycles. The van der Waals surface area contributed by atoms with Gasteiger partial charge in [-0.25, -0.2) is 0 Å². The first-order chi connectivity index (χ1) is 7.27. The summed E-state index contributed by atoms with van der Waals surface area (Å²) in [6, 6.07) is 10.4. The zero-order valence-electron chi connectivity index (χ0n) is 9.06. The second kappa shape index (κ2) is 4.45. The van der Waals surface area contributed by atoms with Crippen molar-refractivity contribution in [1.82, 2.24) is 4.90 Å². The average Bonchev–Trinajstić information content (AvgIpc) is 2.66. The van der Waals surface area contributed by atoms with E-state index in [0.717, 1.165) is 25.3 Å². The maximum atomic E-state index is 6.13. The van der Waals surface area contributed by atoms with E-state index in [-0.39, 0.29) is 6.04 Å². The lowest BCUT2D eigenvalue weighted by Gasteiger charge is -2.19. The molecule has 0 bridgehead atoms. The summed E-state index contributed by atoms with van der Waals surface area (Å²) in [4.78, 5) is 6.58. The predicted molar refractivity (Wildman–Crippen MR) is 63.1 cm³/mol. The molecule has 1 aromatic carbocycles. The molecule has 1 aliphatic rings. The summed E-state index contributed by atoms with van der Waals surface area (Å²) in [5.41, 5.74) is 7.40. The summed E-state index contributed by atoms with van der Waals surface area (Å²) in [6.07, 6.45) is 0.865. The predicted octanol–water partition coefficient (Wildman–Crippen LogP) is 0.900. The molecule has 3 heteroatoms. The maximum absolute atomic E-state index is 6.13. The van der Waals surface area contributed by atoms with Gasteiger partial charge in [0.1, 0.15) is 5.84 Å². The van der Waals surface area contributed by atoms with E-state index in [2.05, 4.69) is 29.1 Å². The summed E-state index contributed by atoms with van der Waals surface area (Å²) in [7, 11) is 2.05. The van der Waals surface area contributed by atoms with Gasteiger partial charge in [-0.1, -0.05) is 30.3 Å². The highest BCUT2D eigenvalue weighted by atomic mass is 15.2. The molecule has 1 atom stereocenters. The summed E-state index contributed by atoms with van der Waals surface area (Å²) in [6.45, 7) is 1.88. The molecule has 0 amide bonds. The number of hydrogen-bond acceptors (Lipinski definition) is 3. The van der Waals surface area contributed by atoms with Gasteiger partial charge in [-0.2, -0.15) is 0 Å². The van der Waals surface area contributed by atoms with Gasteiger partial charge in [-0.05, 0) is 12.0 Å². The number of aliphatic imine (C=N–C) groups is 1. The van der Waals surface area contributed by atoms with Gasteiger partial charge in [-0.15, -0.1) is 0 Å². The van der Waals surface area contributed by atoms with Gasteiger partial charge in [0.25, 0.3) is 0 Å². The Kier molecular flexibility index (Phi) is 3.02. The smallest absolute Gasteiger partial charge is 0.116 e. The molecular formula is C12H17N3. The van der Waals surface area contributed by atoms with Gasteiger partial charge in [0.05, 0.1) is 12.6 Å². The highest BCUT2D eigenvalue weighted by molar-refractivity contribution is 5.88. The van der Waals surface area contributed by atoms with Crippen molar-refractivity contribution < 1.29 is 0 Å². The summed E-state index contributed by atoms with van der Waals surface area (Å²) in [5.74, 6) is 1.04. The highest BCUT2D eigenvalue weighted by Crippen LogP contribution is 2.07. The molecule has 0 radical (unpaired) electrons. The van der Waals surface area contributed by atoms with Gasteiger partial charge >= 0.3 is 0 Å². The van der Waals surface area contributed by atoms with E-state index >= 15 is 0 Å². The lowest BCUT2D eigenvalue weighted by molar-refractivity contribution is 0.533. The SMILES string of the molecule is CN1CCN=C1[C@@H](N)Cc1ccccc1. The summed E-state index contributed by atoms with van der Waals surface area (Å²) in [5, 5.41) is 0. The van der Waals surface area contributed by atoms with Crippen LogP contribution in [-0.2, 0) is 6.42 Å². The van der Waals surface area contributed by atoms with Gasteiger partial charge in [-0.3, -0.25) is 4.99 Å². The fraction of sp³-hybridized carbons (Fsp3) is 0.417. The van der Waals surface area contributed by atoms with Crippen LogP contribution >= 0.6 is 0 Å². The van der Waals surface area contributed by atoms with Crippen LogP contribution in [0.5, 0.6) is 0 Å². The van der Waals surface area contributed by atoms with Crippen LogP contribution in [0.25, 0.3) is 0 Å². The first-order valence-corrected chi connectivity index (χ1v) is 5.32. The van der Waals surface area contributed by atoms with E-state index in [0.29, 0.717) is 0 Å². The minimum atomic E-state index is 0.0277. The normalized spacial score (nSPS) is 17.7. The molecule has 0 aliphatic carbocycles. The Bertz CT molecular complexity index is 345. The Balaban J connectivity index is 2.01. The van der Waals surface area contributed by atoms with Crippen LogP contribution in [0.1, 0.15) is 5.56 Å². The number of nitrogens with two attached hydrogens (primary N) is 1. The van der Waals surface area contributed by atoms with E-state index in [9.17, 15) is 0 Å². The Morgan fingerprint density at radius 3 is 2.73 bits per heavy atom. The monoisotopic (exact) mass is 203 g/mol. The first kappa shape index (κ1) is 10.2. The van der Waals surface area contributed by atoms with Crippen molar-refractivity contribution in [3.63, 3.8) is 0 Å². The van der Waals surface area contributed by atoms with Crippen molar-refractivity contribution in [2.24, 2.45) is 10.7 Å². The molecule has 15 heavy (non-hydrogen) atoms. The molecule has 2 rings (SSSR count). The van der Waals surface area contributed by atoms with Crippen LogP contribution in [0.2, 0.25) is 0 Å². The van der Waals surface area contributed by atoms with E-state index < -0.39 is 0 Å². The largest absolute Gasteiger partial charge is 0.360 e. The minimum absolute atomic E-state index is 0.0277. The number of amidine groups is 1. The lowest BCUT2D eigenvalue weighted by atomic mass is 10.1.